The van der Waals surface area contributed by atoms with Crippen LogP contribution in [0, 0.1) is 5.95 Å². The largest absolute Gasteiger partial charge is 0.464 e. The third-order valence-electron chi connectivity index (χ3n) is 1.67. The van der Waals surface area contributed by atoms with Crippen LogP contribution in [0.25, 0.3) is 0 Å². The number of carbonyl (C=O) groups excluding carboxylic acids is 1. The van der Waals surface area contributed by atoms with E-state index in [2.05, 4.69) is 9.72 Å². The molecule has 0 saturated carbocycles. The zero-order valence-electron chi connectivity index (χ0n) is 8.80. The van der Waals surface area contributed by atoms with Crippen molar-refractivity contribution in [2.45, 2.75) is 6.92 Å². The van der Waals surface area contributed by atoms with Crippen LogP contribution < -0.4 is 10.5 Å². The maximum Gasteiger partial charge on any atom is 0.344 e. The van der Waals surface area contributed by atoms with Gasteiger partial charge in [-0.2, -0.15) is 9.37 Å². The minimum absolute atomic E-state index is 0.152. The standard InChI is InChI=1S/C9H9Cl2FN2O3/c1-2-16-4(15)3-17-9-6(11)7(13)5(10)8(12)14-9/h2-3H2,1H3,(H2,13,14). The van der Waals surface area contributed by atoms with Crippen LogP contribution in [-0.4, -0.2) is 24.2 Å². The van der Waals surface area contributed by atoms with Gasteiger partial charge in [0.25, 0.3) is 0 Å². The normalized spacial score (nSPS) is 10.1. The first-order chi connectivity index (χ1) is 7.97. The lowest BCUT2D eigenvalue weighted by molar-refractivity contribution is -0.145. The highest BCUT2D eigenvalue weighted by atomic mass is 35.5. The maximum atomic E-state index is 13.1. The molecule has 94 valence electrons. The van der Waals surface area contributed by atoms with Crippen LogP contribution in [0.3, 0.4) is 0 Å². The number of pyridine rings is 1. The van der Waals surface area contributed by atoms with Gasteiger partial charge in [0.1, 0.15) is 10.0 Å². The Morgan fingerprint density at radius 2 is 2.12 bits per heavy atom. The van der Waals surface area contributed by atoms with Gasteiger partial charge in [-0.05, 0) is 6.92 Å². The Hall–Kier alpha value is -1.27. The fraction of sp³-hybridized carbons (Fsp3) is 0.333. The van der Waals surface area contributed by atoms with Crippen LogP contribution in [0.4, 0.5) is 10.1 Å². The predicted octanol–water partition coefficient (Wildman–Crippen LogP) is 2.05. The number of esters is 1. The van der Waals surface area contributed by atoms with Gasteiger partial charge in [0.05, 0.1) is 12.3 Å². The summed E-state index contributed by atoms with van der Waals surface area (Å²) in [4.78, 5) is 14.3. The van der Waals surface area contributed by atoms with Gasteiger partial charge in [0.15, 0.2) is 6.61 Å². The second kappa shape index (κ2) is 5.88. The predicted molar refractivity (Wildman–Crippen MR) is 60.8 cm³/mol. The van der Waals surface area contributed by atoms with E-state index in [1.165, 1.54) is 0 Å². The van der Waals surface area contributed by atoms with Gasteiger partial charge in [0.2, 0.25) is 11.8 Å². The molecule has 8 heteroatoms. The van der Waals surface area contributed by atoms with E-state index in [0.29, 0.717) is 0 Å². The molecule has 0 bridgehead atoms. The van der Waals surface area contributed by atoms with Crippen molar-refractivity contribution in [3.05, 3.63) is 16.0 Å². The fourth-order valence-corrected chi connectivity index (χ4v) is 1.31. The molecule has 1 aromatic rings. The molecule has 0 aromatic carbocycles. The molecule has 0 aliphatic heterocycles. The third kappa shape index (κ3) is 3.34. The van der Waals surface area contributed by atoms with Crippen molar-refractivity contribution in [1.82, 2.24) is 4.98 Å². The second-order valence-corrected chi connectivity index (χ2v) is 3.60. The Morgan fingerprint density at radius 3 is 2.71 bits per heavy atom. The minimum atomic E-state index is -1.02. The smallest absolute Gasteiger partial charge is 0.344 e. The average Bonchev–Trinajstić information content (AvgIpc) is 2.30. The molecule has 0 unspecified atom stereocenters. The highest BCUT2D eigenvalue weighted by Crippen LogP contribution is 2.35. The summed E-state index contributed by atoms with van der Waals surface area (Å²) in [5.41, 5.74) is 5.21. The van der Waals surface area contributed by atoms with Crippen molar-refractivity contribution >= 4 is 34.9 Å². The number of aromatic nitrogens is 1. The molecule has 0 radical (unpaired) electrons. The Bertz CT molecular complexity index is 443. The second-order valence-electron chi connectivity index (χ2n) is 2.84. The topological polar surface area (TPSA) is 74.4 Å². The minimum Gasteiger partial charge on any atom is -0.464 e. The Morgan fingerprint density at radius 1 is 1.47 bits per heavy atom. The van der Waals surface area contributed by atoms with Crippen LogP contribution in [0.5, 0.6) is 5.88 Å². The zero-order valence-corrected chi connectivity index (χ0v) is 10.3. The molecule has 2 N–H and O–H groups in total. The van der Waals surface area contributed by atoms with Crippen LogP contribution in [-0.2, 0) is 9.53 Å². The van der Waals surface area contributed by atoms with Crippen molar-refractivity contribution in [1.29, 1.82) is 0 Å². The highest BCUT2D eigenvalue weighted by molar-refractivity contribution is 6.39. The van der Waals surface area contributed by atoms with E-state index in [9.17, 15) is 9.18 Å². The molecule has 0 aliphatic rings. The zero-order chi connectivity index (χ0) is 13.0. The average molecular weight is 283 g/mol. The van der Waals surface area contributed by atoms with Crippen molar-refractivity contribution in [3.8, 4) is 5.88 Å². The summed E-state index contributed by atoms with van der Waals surface area (Å²) in [5, 5.41) is -0.542. The highest BCUT2D eigenvalue weighted by Gasteiger charge is 2.17. The summed E-state index contributed by atoms with van der Waals surface area (Å²) in [6.45, 7) is 1.41. The SMILES string of the molecule is CCOC(=O)COc1nc(F)c(Cl)c(N)c1Cl. The molecule has 5 nitrogen and oxygen atoms in total. The van der Waals surface area contributed by atoms with Gasteiger partial charge in [-0.1, -0.05) is 23.2 Å². The summed E-state index contributed by atoms with van der Waals surface area (Å²) in [6, 6.07) is 0. The maximum absolute atomic E-state index is 13.1. The molecule has 0 spiro atoms. The monoisotopic (exact) mass is 282 g/mol. The van der Waals surface area contributed by atoms with Crippen LogP contribution in [0.2, 0.25) is 10.0 Å². The molecular weight excluding hydrogens is 274 g/mol. The van der Waals surface area contributed by atoms with Crippen molar-refractivity contribution < 1.29 is 18.7 Å². The van der Waals surface area contributed by atoms with E-state index in [-0.39, 0.29) is 23.2 Å². The molecule has 17 heavy (non-hydrogen) atoms. The van der Waals surface area contributed by atoms with Gasteiger partial charge in [-0.3, -0.25) is 0 Å². The van der Waals surface area contributed by atoms with E-state index in [0.717, 1.165) is 0 Å². The van der Waals surface area contributed by atoms with Gasteiger partial charge in [-0.15, -0.1) is 0 Å². The third-order valence-corrected chi connectivity index (χ3v) is 2.40. The number of hydrogen-bond acceptors (Lipinski definition) is 5. The summed E-state index contributed by atoms with van der Waals surface area (Å²) in [5.74, 6) is -1.95. The Balaban J connectivity index is 2.82. The molecule has 0 aliphatic carbocycles. The van der Waals surface area contributed by atoms with E-state index in [4.69, 9.17) is 33.7 Å². The number of nitrogen functional groups attached to an aromatic ring is 1. The molecule has 1 rings (SSSR count). The number of nitrogens with two attached hydrogens (primary N) is 1. The lowest BCUT2D eigenvalue weighted by Crippen LogP contribution is -2.15. The van der Waals surface area contributed by atoms with Gasteiger partial charge < -0.3 is 15.2 Å². The summed E-state index contributed by atoms with van der Waals surface area (Å²) < 4.78 is 22.6. The molecule has 0 fully saturated rings. The van der Waals surface area contributed by atoms with E-state index in [1.54, 1.807) is 6.92 Å². The molecule has 1 aromatic heterocycles. The first kappa shape index (κ1) is 13.8. The number of carbonyl (C=O) groups is 1. The first-order valence-corrected chi connectivity index (χ1v) is 5.31. The molecule has 0 atom stereocenters. The lowest BCUT2D eigenvalue weighted by atomic mass is 10.4. The molecule has 0 saturated heterocycles. The van der Waals surface area contributed by atoms with Crippen molar-refractivity contribution in [3.63, 3.8) is 0 Å². The van der Waals surface area contributed by atoms with Crippen molar-refractivity contribution in [2.75, 3.05) is 18.9 Å². The number of hydrogen-bond donors (Lipinski definition) is 1. The summed E-state index contributed by atoms with van der Waals surface area (Å²) >= 11 is 11.2. The van der Waals surface area contributed by atoms with Crippen LogP contribution in [0.15, 0.2) is 0 Å². The van der Waals surface area contributed by atoms with Gasteiger partial charge in [-0.25, -0.2) is 4.79 Å². The quantitative estimate of drug-likeness (QED) is 0.676. The summed E-state index contributed by atoms with van der Waals surface area (Å²) in [6.07, 6.45) is 0. The first-order valence-electron chi connectivity index (χ1n) is 4.55. The molecular formula is C9H9Cl2FN2O3. The van der Waals surface area contributed by atoms with Gasteiger partial charge in [0, 0.05) is 0 Å². The van der Waals surface area contributed by atoms with E-state index < -0.39 is 23.5 Å². The molecule has 0 amide bonds. The number of ether oxygens (including phenoxy) is 2. The van der Waals surface area contributed by atoms with E-state index >= 15 is 0 Å². The Labute approximate surface area is 107 Å². The van der Waals surface area contributed by atoms with E-state index in [1.807, 2.05) is 0 Å². The van der Waals surface area contributed by atoms with Crippen LogP contribution in [0.1, 0.15) is 6.92 Å². The van der Waals surface area contributed by atoms with Crippen LogP contribution >= 0.6 is 23.2 Å². The number of anilines is 1. The van der Waals surface area contributed by atoms with Gasteiger partial charge >= 0.3 is 5.97 Å². The number of rotatable bonds is 4. The number of nitrogens with zero attached hydrogens (tertiary/aromatic N) is 1. The summed E-state index contributed by atoms with van der Waals surface area (Å²) in [7, 11) is 0. The Kier molecular flexibility index (Phi) is 4.77. The molecule has 1 heterocycles. The fourth-order valence-electron chi connectivity index (χ4n) is 0.936. The lowest BCUT2D eigenvalue weighted by Gasteiger charge is -2.09. The van der Waals surface area contributed by atoms with Crippen molar-refractivity contribution in [2.24, 2.45) is 0 Å². The number of halogens is 3.